The van der Waals surface area contributed by atoms with E-state index in [0.717, 1.165) is 28.6 Å². The van der Waals surface area contributed by atoms with Gasteiger partial charge in [0.2, 0.25) is 10.0 Å². The van der Waals surface area contributed by atoms with E-state index in [9.17, 15) is 13.2 Å². The number of fused-ring (bicyclic) bond motifs is 1. The van der Waals surface area contributed by atoms with Gasteiger partial charge in [0.05, 0.1) is 12.9 Å². The SMILES string of the molecule is CCCS(=O)(=O)N1CCC(NC(=O)N2CC=C(c3c[nH]c4ccc(OC)cc34)CC2)CC1. The van der Waals surface area contributed by atoms with Crippen molar-refractivity contribution in [2.75, 3.05) is 39.0 Å². The van der Waals surface area contributed by atoms with Gasteiger partial charge in [-0.05, 0) is 49.5 Å². The van der Waals surface area contributed by atoms with Gasteiger partial charge in [-0.15, -0.1) is 0 Å². The fourth-order valence-corrected chi connectivity index (χ4v) is 6.06. The van der Waals surface area contributed by atoms with Gasteiger partial charge in [0.15, 0.2) is 0 Å². The maximum atomic E-state index is 12.8. The van der Waals surface area contributed by atoms with E-state index in [-0.39, 0.29) is 17.8 Å². The zero-order valence-corrected chi connectivity index (χ0v) is 19.6. The Morgan fingerprint density at radius 1 is 1.25 bits per heavy atom. The molecule has 32 heavy (non-hydrogen) atoms. The number of piperidine rings is 1. The molecule has 1 aromatic carbocycles. The minimum absolute atomic E-state index is 0.0158. The van der Waals surface area contributed by atoms with E-state index in [1.165, 1.54) is 5.57 Å². The summed E-state index contributed by atoms with van der Waals surface area (Å²) in [6.45, 7) is 4.03. The second-order valence-electron chi connectivity index (χ2n) is 8.48. The van der Waals surface area contributed by atoms with Crippen LogP contribution in [-0.4, -0.2) is 73.7 Å². The standard InChI is InChI=1S/C23H32N4O4S/c1-3-14-32(29,30)27-12-8-18(9-13-27)25-23(28)26-10-6-17(7-11-26)21-16-24-22-5-4-19(31-2)15-20(21)22/h4-6,15-16,18,24H,3,7-14H2,1-2H3,(H,25,28). The largest absolute Gasteiger partial charge is 0.497 e. The Balaban J connectivity index is 1.33. The molecule has 0 bridgehead atoms. The van der Waals surface area contributed by atoms with Gasteiger partial charge in [-0.2, -0.15) is 0 Å². The monoisotopic (exact) mass is 460 g/mol. The van der Waals surface area contributed by atoms with Gasteiger partial charge < -0.3 is 19.9 Å². The van der Waals surface area contributed by atoms with Gasteiger partial charge >= 0.3 is 6.03 Å². The second-order valence-corrected chi connectivity index (χ2v) is 10.6. The number of sulfonamides is 1. The molecule has 2 aliphatic rings. The van der Waals surface area contributed by atoms with Crippen LogP contribution in [0, 0.1) is 0 Å². The molecule has 1 saturated heterocycles. The molecule has 3 heterocycles. The third-order valence-corrected chi connectivity index (χ3v) is 8.44. The normalized spacial score (nSPS) is 18.6. The van der Waals surface area contributed by atoms with Crippen LogP contribution < -0.4 is 10.1 Å². The highest BCUT2D eigenvalue weighted by Gasteiger charge is 2.29. The first-order chi connectivity index (χ1) is 15.4. The molecule has 0 atom stereocenters. The topological polar surface area (TPSA) is 94.7 Å². The van der Waals surface area contributed by atoms with E-state index in [4.69, 9.17) is 4.74 Å². The third kappa shape index (κ3) is 4.78. The molecule has 2 amide bonds. The number of aromatic nitrogens is 1. The number of methoxy groups -OCH3 is 1. The van der Waals surface area contributed by atoms with Crippen molar-refractivity contribution in [1.29, 1.82) is 0 Å². The summed E-state index contributed by atoms with van der Waals surface area (Å²) in [4.78, 5) is 17.9. The number of rotatable bonds is 6. The van der Waals surface area contributed by atoms with Crippen molar-refractivity contribution < 1.29 is 17.9 Å². The minimum atomic E-state index is -3.16. The van der Waals surface area contributed by atoms with Crippen LogP contribution in [0.15, 0.2) is 30.5 Å². The maximum absolute atomic E-state index is 12.8. The van der Waals surface area contributed by atoms with Crippen LogP contribution in [0.1, 0.15) is 38.2 Å². The maximum Gasteiger partial charge on any atom is 0.317 e. The number of carbonyl (C=O) groups excluding carboxylic acids is 1. The lowest BCUT2D eigenvalue weighted by Gasteiger charge is -2.34. The van der Waals surface area contributed by atoms with Crippen LogP contribution in [-0.2, 0) is 10.0 Å². The van der Waals surface area contributed by atoms with Gasteiger partial charge in [-0.3, -0.25) is 0 Å². The molecule has 2 N–H and O–H groups in total. The number of benzene rings is 1. The van der Waals surface area contributed by atoms with Gasteiger partial charge in [0, 0.05) is 54.9 Å². The van der Waals surface area contributed by atoms with E-state index in [1.54, 1.807) is 11.4 Å². The molecule has 1 aromatic heterocycles. The first kappa shape index (κ1) is 22.7. The first-order valence-corrected chi connectivity index (χ1v) is 12.9. The van der Waals surface area contributed by atoms with Crippen LogP contribution in [0.4, 0.5) is 4.79 Å². The van der Waals surface area contributed by atoms with E-state index in [0.29, 0.717) is 45.4 Å². The Morgan fingerprint density at radius 3 is 2.69 bits per heavy atom. The van der Waals surface area contributed by atoms with Crippen LogP contribution in [0.2, 0.25) is 0 Å². The van der Waals surface area contributed by atoms with Gasteiger partial charge in [0.1, 0.15) is 5.75 Å². The number of H-pyrrole nitrogens is 1. The van der Waals surface area contributed by atoms with Crippen molar-refractivity contribution in [3.63, 3.8) is 0 Å². The summed E-state index contributed by atoms with van der Waals surface area (Å²) in [5.41, 5.74) is 3.44. The predicted molar refractivity (Wildman–Crippen MR) is 126 cm³/mol. The highest BCUT2D eigenvalue weighted by atomic mass is 32.2. The van der Waals surface area contributed by atoms with Crippen LogP contribution in [0.5, 0.6) is 5.75 Å². The van der Waals surface area contributed by atoms with E-state index >= 15 is 0 Å². The van der Waals surface area contributed by atoms with Crippen LogP contribution in [0.3, 0.4) is 0 Å². The van der Waals surface area contributed by atoms with E-state index < -0.39 is 10.0 Å². The third-order valence-electron chi connectivity index (χ3n) is 6.37. The lowest BCUT2D eigenvalue weighted by Crippen LogP contribution is -2.51. The Bertz CT molecular complexity index is 1100. The number of ether oxygens (including phenoxy) is 1. The molecule has 0 spiro atoms. The number of aromatic amines is 1. The fourth-order valence-electron chi connectivity index (χ4n) is 4.52. The lowest BCUT2D eigenvalue weighted by atomic mass is 9.99. The highest BCUT2D eigenvalue weighted by molar-refractivity contribution is 7.89. The summed E-state index contributed by atoms with van der Waals surface area (Å²) in [5.74, 6) is 1.01. The fraction of sp³-hybridized carbons (Fsp3) is 0.522. The van der Waals surface area contributed by atoms with Crippen LogP contribution in [0.25, 0.3) is 16.5 Å². The summed E-state index contributed by atoms with van der Waals surface area (Å²) < 4.78 is 31.4. The van der Waals surface area contributed by atoms with Crippen molar-refractivity contribution in [3.8, 4) is 5.75 Å². The Morgan fingerprint density at radius 2 is 2.03 bits per heavy atom. The van der Waals surface area contributed by atoms with E-state index in [1.807, 2.05) is 36.2 Å². The molecule has 174 valence electrons. The smallest absolute Gasteiger partial charge is 0.317 e. The molecule has 9 heteroatoms. The van der Waals surface area contributed by atoms with Gasteiger partial charge in [0.25, 0.3) is 0 Å². The average molecular weight is 461 g/mol. The molecule has 2 aromatic rings. The molecule has 0 saturated carbocycles. The Labute approximate surface area is 189 Å². The average Bonchev–Trinajstić information content (AvgIpc) is 3.22. The summed E-state index contributed by atoms with van der Waals surface area (Å²) in [5, 5.41) is 4.22. The van der Waals surface area contributed by atoms with Crippen LogP contribution >= 0.6 is 0 Å². The number of hydrogen-bond acceptors (Lipinski definition) is 4. The first-order valence-electron chi connectivity index (χ1n) is 11.3. The van der Waals surface area contributed by atoms with Gasteiger partial charge in [-0.25, -0.2) is 17.5 Å². The Hall–Kier alpha value is -2.52. The number of carbonyl (C=O) groups is 1. The van der Waals surface area contributed by atoms with Gasteiger partial charge in [-0.1, -0.05) is 13.0 Å². The summed E-state index contributed by atoms with van der Waals surface area (Å²) in [7, 11) is -1.50. The quantitative estimate of drug-likeness (QED) is 0.692. The lowest BCUT2D eigenvalue weighted by molar-refractivity contribution is 0.192. The molecule has 0 radical (unpaired) electrons. The molecule has 8 nitrogen and oxygen atoms in total. The van der Waals surface area contributed by atoms with Crippen molar-refractivity contribution in [3.05, 3.63) is 36.0 Å². The number of hydrogen-bond donors (Lipinski definition) is 2. The highest BCUT2D eigenvalue weighted by Crippen LogP contribution is 2.31. The number of nitrogens with zero attached hydrogens (tertiary/aromatic N) is 2. The second kappa shape index (κ2) is 9.54. The number of nitrogens with one attached hydrogen (secondary N) is 2. The van der Waals surface area contributed by atoms with E-state index in [2.05, 4.69) is 16.4 Å². The molecule has 0 unspecified atom stereocenters. The van der Waals surface area contributed by atoms with Crippen molar-refractivity contribution >= 4 is 32.5 Å². The molecule has 4 rings (SSSR count). The summed E-state index contributed by atoms with van der Waals surface area (Å²) in [6, 6.07) is 5.93. The van der Waals surface area contributed by atoms with Crippen molar-refractivity contribution in [2.45, 2.75) is 38.6 Å². The molecule has 0 aliphatic carbocycles. The minimum Gasteiger partial charge on any atom is -0.497 e. The Kier molecular flexibility index (Phi) is 6.76. The molecule has 1 fully saturated rings. The molecule has 2 aliphatic heterocycles. The molecular weight excluding hydrogens is 428 g/mol. The zero-order chi connectivity index (χ0) is 22.7. The summed E-state index contributed by atoms with van der Waals surface area (Å²) >= 11 is 0. The number of urea groups is 1. The van der Waals surface area contributed by atoms with Crippen molar-refractivity contribution in [2.24, 2.45) is 0 Å². The van der Waals surface area contributed by atoms with Crippen molar-refractivity contribution in [1.82, 2.24) is 19.5 Å². The predicted octanol–water partition coefficient (Wildman–Crippen LogP) is 3.18. The zero-order valence-electron chi connectivity index (χ0n) is 18.8. The number of amides is 2. The summed E-state index contributed by atoms with van der Waals surface area (Å²) in [6.07, 6.45) is 6.85. The molecular formula is C23H32N4O4S.